The number of hydrogen-bond donors (Lipinski definition) is 2. The quantitative estimate of drug-likeness (QED) is 0.278. The van der Waals surface area contributed by atoms with Crippen LogP contribution in [-0.2, 0) is 9.53 Å². The Bertz CT molecular complexity index is 1200. The van der Waals surface area contributed by atoms with Crippen molar-refractivity contribution in [3.8, 4) is 0 Å². The van der Waals surface area contributed by atoms with E-state index in [0.29, 0.717) is 12.5 Å². The summed E-state index contributed by atoms with van der Waals surface area (Å²) in [7, 11) is 0. The van der Waals surface area contributed by atoms with Crippen LogP contribution in [0.5, 0.6) is 0 Å². The molecule has 4 rings (SSSR count). The molecule has 0 unspecified atom stereocenters. The molecule has 1 aliphatic heterocycles. The van der Waals surface area contributed by atoms with Crippen molar-refractivity contribution in [3.05, 3.63) is 101 Å². The van der Waals surface area contributed by atoms with Gasteiger partial charge in [-0.1, -0.05) is 71.8 Å². The normalized spacial score (nSPS) is 14.3. The summed E-state index contributed by atoms with van der Waals surface area (Å²) in [6, 6.07) is 24.6. The predicted molar refractivity (Wildman–Crippen MR) is 162 cm³/mol. The number of aryl methyl sites for hydroxylation is 2. The molecule has 3 aromatic rings. The maximum atomic E-state index is 13.4. The zero-order valence-corrected chi connectivity index (χ0v) is 24.3. The van der Waals surface area contributed by atoms with Crippen molar-refractivity contribution in [3.63, 3.8) is 0 Å². The van der Waals surface area contributed by atoms with Gasteiger partial charge in [0.05, 0.1) is 12.0 Å². The van der Waals surface area contributed by atoms with Crippen molar-refractivity contribution in [2.45, 2.75) is 64.9 Å². The second kappa shape index (κ2) is 14.1. The van der Waals surface area contributed by atoms with E-state index in [-0.39, 0.29) is 17.9 Å². The van der Waals surface area contributed by atoms with Crippen LogP contribution in [0.3, 0.4) is 0 Å². The van der Waals surface area contributed by atoms with Crippen molar-refractivity contribution in [1.29, 1.82) is 0 Å². The summed E-state index contributed by atoms with van der Waals surface area (Å²) in [6.45, 7) is 11.5. The number of nitrogens with zero attached hydrogens (tertiary/aromatic N) is 1. The van der Waals surface area contributed by atoms with Gasteiger partial charge >= 0.3 is 6.09 Å². The van der Waals surface area contributed by atoms with E-state index in [1.807, 2.05) is 26.0 Å². The lowest BCUT2D eigenvalue weighted by atomic mass is 9.89. The van der Waals surface area contributed by atoms with E-state index in [1.54, 1.807) is 0 Å². The molecule has 1 fully saturated rings. The first kappa shape index (κ1) is 29.3. The molecule has 2 N–H and O–H groups in total. The van der Waals surface area contributed by atoms with Gasteiger partial charge in [0.15, 0.2) is 0 Å². The molecule has 2 amide bonds. The van der Waals surface area contributed by atoms with Crippen LogP contribution in [0.2, 0.25) is 0 Å². The number of carbonyl (C=O) groups is 2. The Balaban J connectivity index is 1.24. The molecule has 0 spiro atoms. The Morgan fingerprint density at radius 3 is 2.08 bits per heavy atom. The number of piperidine rings is 1. The van der Waals surface area contributed by atoms with E-state index in [2.05, 4.69) is 90.0 Å². The third-order valence-corrected chi connectivity index (χ3v) is 7.57. The maximum absolute atomic E-state index is 13.4. The van der Waals surface area contributed by atoms with E-state index < -0.39 is 6.09 Å². The van der Waals surface area contributed by atoms with Gasteiger partial charge in [-0.2, -0.15) is 0 Å². The van der Waals surface area contributed by atoms with Crippen LogP contribution in [0.4, 0.5) is 10.5 Å². The molecule has 1 heterocycles. The number of ether oxygens (including phenoxy) is 1. The monoisotopic (exact) mass is 541 g/mol. The minimum atomic E-state index is -0.418. The summed E-state index contributed by atoms with van der Waals surface area (Å²) in [5.41, 5.74) is 6.44. The van der Waals surface area contributed by atoms with Crippen molar-refractivity contribution < 1.29 is 14.3 Å². The fraction of sp³-hybridized carbons (Fsp3) is 0.412. The fourth-order valence-electron chi connectivity index (χ4n) is 5.35. The molecule has 212 valence electrons. The number of benzene rings is 3. The first-order chi connectivity index (χ1) is 19.3. The number of amides is 2. The van der Waals surface area contributed by atoms with Crippen LogP contribution >= 0.6 is 0 Å². The van der Waals surface area contributed by atoms with Crippen LogP contribution < -0.4 is 10.6 Å². The van der Waals surface area contributed by atoms with Gasteiger partial charge in [-0.3, -0.25) is 10.1 Å². The Morgan fingerprint density at radius 2 is 1.50 bits per heavy atom. The van der Waals surface area contributed by atoms with Crippen LogP contribution in [0.15, 0.2) is 72.8 Å². The lowest BCUT2D eigenvalue weighted by Gasteiger charge is -2.32. The SMILES string of the molecule is Cc1ccc(C(C(=O)NCCCN2CCC(c3cccc(NC(=O)OC(C)C)c3)CC2)c2ccc(C)cc2)cc1. The molecule has 0 bridgehead atoms. The van der Waals surface area contributed by atoms with Gasteiger partial charge in [0.1, 0.15) is 0 Å². The Kier molecular flexibility index (Phi) is 10.4. The maximum Gasteiger partial charge on any atom is 0.411 e. The van der Waals surface area contributed by atoms with Crippen LogP contribution in [0, 0.1) is 13.8 Å². The Labute approximate surface area is 239 Å². The lowest BCUT2D eigenvalue weighted by molar-refractivity contribution is -0.121. The summed E-state index contributed by atoms with van der Waals surface area (Å²) in [5.74, 6) is 0.218. The molecule has 6 nitrogen and oxygen atoms in total. The van der Waals surface area contributed by atoms with Crippen molar-refractivity contribution in [1.82, 2.24) is 10.2 Å². The predicted octanol–water partition coefficient (Wildman–Crippen LogP) is 6.78. The van der Waals surface area contributed by atoms with Gasteiger partial charge < -0.3 is 15.0 Å². The van der Waals surface area contributed by atoms with Crippen molar-refractivity contribution in [2.24, 2.45) is 0 Å². The Morgan fingerprint density at radius 1 is 0.900 bits per heavy atom. The molecule has 1 saturated heterocycles. The summed E-state index contributed by atoms with van der Waals surface area (Å²) in [6.07, 6.45) is 2.51. The minimum absolute atomic E-state index is 0.0529. The summed E-state index contributed by atoms with van der Waals surface area (Å²) in [4.78, 5) is 27.8. The lowest BCUT2D eigenvalue weighted by Crippen LogP contribution is -2.36. The third kappa shape index (κ3) is 8.43. The molecular weight excluding hydrogens is 498 g/mol. The highest BCUT2D eigenvalue weighted by Crippen LogP contribution is 2.30. The molecule has 0 saturated carbocycles. The summed E-state index contributed by atoms with van der Waals surface area (Å²) in [5, 5.41) is 6.04. The van der Waals surface area contributed by atoms with Gasteiger partial charge in [-0.15, -0.1) is 0 Å². The van der Waals surface area contributed by atoms with E-state index >= 15 is 0 Å². The largest absolute Gasteiger partial charge is 0.447 e. The second-order valence-electron chi connectivity index (χ2n) is 11.2. The van der Waals surface area contributed by atoms with Gasteiger partial charge in [0.2, 0.25) is 5.91 Å². The molecule has 0 radical (unpaired) electrons. The molecule has 6 heteroatoms. The minimum Gasteiger partial charge on any atom is -0.447 e. The molecule has 1 aliphatic rings. The molecule has 0 atom stereocenters. The van der Waals surface area contributed by atoms with Crippen molar-refractivity contribution >= 4 is 17.7 Å². The number of anilines is 1. The van der Waals surface area contributed by atoms with E-state index in [9.17, 15) is 9.59 Å². The number of likely N-dealkylation sites (tertiary alicyclic amines) is 1. The molecular formula is C34H43N3O3. The highest BCUT2D eigenvalue weighted by molar-refractivity contribution is 5.87. The van der Waals surface area contributed by atoms with E-state index in [1.165, 1.54) is 16.7 Å². The number of nitrogens with one attached hydrogen (secondary N) is 2. The third-order valence-electron chi connectivity index (χ3n) is 7.57. The van der Waals surface area contributed by atoms with Gasteiger partial charge in [0, 0.05) is 12.2 Å². The highest BCUT2D eigenvalue weighted by atomic mass is 16.6. The van der Waals surface area contributed by atoms with Gasteiger partial charge in [-0.05, 0) is 101 Å². The number of hydrogen-bond acceptors (Lipinski definition) is 4. The average molecular weight is 542 g/mol. The zero-order chi connectivity index (χ0) is 28.5. The molecule has 0 aromatic heterocycles. The standard InChI is InChI=1S/C34H43N3O3/c1-24(2)40-34(39)36-31-8-5-7-30(23-31)27-17-21-37(22-18-27)20-6-19-35-33(38)32(28-13-9-25(3)10-14-28)29-15-11-26(4)12-16-29/h5,7-16,23-24,27,32H,6,17-22H2,1-4H3,(H,35,38)(H,36,39). The summed E-state index contributed by atoms with van der Waals surface area (Å²) >= 11 is 0. The van der Waals surface area contributed by atoms with Crippen LogP contribution in [-0.4, -0.2) is 49.2 Å². The Hall–Kier alpha value is -3.64. The first-order valence-electron chi connectivity index (χ1n) is 14.5. The smallest absolute Gasteiger partial charge is 0.411 e. The molecule has 0 aliphatic carbocycles. The number of carbonyl (C=O) groups excluding carboxylic acids is 2. The van der Waals surface area contributed by atoms with Gasteiger partial charge in [-0.25, -0.2) is 4.79 Å². The van der Waals surface area contributed by atoms with Gasteiger partial charge in [0.25, 0.3) is 0 Å². The van der Waals surface area contributed by atoms with E-state index in [0.717, 1.165) is 55.7 Å². The highest BCUT2D eigenvalue weighted by Gasteiger charge is 2.23. The molecule has 3 aromatic carbocycles. The first-order valence-corrected chi connectivity index (χ1v) is 14.5. The van der Waals surface area contributed by atoms with E-state index in [4.69, 9.17) is 4.74 Å². The summed E-state index contributed by atoms with van der Waals surface area (Å²) < 4.78 is 5.20. The second-order valence-corrected chi connectivity index (χ2v) is 11.2. The van der Waals surface area contributed by atoms with Crippen molar-refractivity contribution in [2.75, 3.05) is 31.5 Å². The topological polar surface area (TPSA) is 70.7 Å². The zero-order valence-electron chi connectivity index (χ0n) is 24.3. The van der Waals surface area contributed by atoms with Crippen LogP contribution in [0.25, 0.3) is 0 Å². The average Bonchev–Trinajstić information content (AvgIpc) is 2.93. The molecule has 40 heavy (non-hydrogen) atoms. The fourth-order valence-corrected chi connectivity index (χ4v) is 5.35. The number of rotatable bonds is 10. The van der Waals surface area contributed by atoms with Crippen LogP contribution in [0.1, 0.15) is 72.8 Å².